The van der Waals surface area contributed by atoms with Crippen LogP contribution in [0.25, 0.3) is 0 Å². The van der Waals surface area contributed by atoms with E-state index in [9.17, 15) is 0 Å². The van der Waals surface area contributed by atoms with Gasteiger partial charge in [0.15, 0.2) is 0 Å². The lowest BCUT2D eigenvalue weighted by Crippen LogP contribution is -2.22. The fourth-order valence-electron chi connectivity index (χ4n) is 1.31. The topological polar surface area (TPSA) is 35.8 Å². The van der Waals surface area contributed by atoms with Gasteiger partial charge in [-0.3, -0.25) is 0 Å². The highest BCUT2D eigenvalue weighted by molar-refractivity contribution is 4.80. The fourth-order valence-corrected chi connectivity index (χ4v) is 1.31. The highest BCUT2D eigenvalue weighted by Gasteiger charge is 2.27. The largest absolute Gasteiger partial charge is 0.315 e. The maximum Gasteiger partial charge on any atom is 0.0635 e. The maximum absolute atomic E-state index is 8.26. The van der Waals surface area contributed by atoms with Crippen LogP contribution in [-0.2, 0) is 0 Å². The van der Waals surface area contributed by atoms with E-state index in [1.807, 2.05) is 0 Å². The summed E-state index contributed by atoms with van der Waals surface area (Å²) in [6, 6.07) is 2.12. The molecular weight excluding hydrogens is 136 g/mol. The molecular formula is C9H16N2. The summed E-state index contributed by atoms with van der Waals surface area (Å²) in [5, 5.41) is 11.5. The first-order valence-electron chi connectivity index (χ1n) is 4.42. The van der Waals surface area contributed by atoms with Crippen molar-refractivity contribution in [2.75, 3.05) is 13.1 Å². The number of nitriles is 1. The molecule has 0 saturated heterocycles. The molecule has 0 bridgehead atoms. The lowest BCUT2D eigenvalue weighted by Gasteiger charge is -2.09. The minimum absolute atomic E-state index is 0.636. The molecule has 1 aliphatic rings. The first kappa shape index (κ1) is 8.55. The Labute approximate surface area is 68.6 Å². The van der Waals surface area contributed by atoms with E-state index in [-0.39, 0.29) is 0 Å². The van der Waals surface area contributed by atoms with Crippen LogP contribution in [0.4, 0.5) is 0 Å². The third-order valence-electron chi connectivity index (χ3n) is 2.31. The molecule has 1 unspecified atom stereocenters. The minimum Gasteiger partial charge on any atom is -0.315 e. The summed E-state index contributed by atoms with van der Waals surface area (Å²) in [5.74, 6) is 1.79. The van der Waals surface area contributed by atoms with Gasteiger partial charge in [-0.1, -0.05) is 6.92 Å². The third kappa shape index (κ3) is 3.38. The molecule has 62 valence electrons. The molecule has 2 heteroatoms. The van der Waals surface area contributed by atoms with E-state index in [0.29, 0.717) is 6.42 Å². The summed E-state index contributed by atoms with van der Waals surface area (Å²) in [6.07, 6.45) is 3.47. The van der Waals surface area contributed by atoms with Crippen molar-refractivity contribution < 1.29 is 0 Å². The molecule has 1 aliphatic carbocycles. The molecule has 1 fully saturated rings. The maximum atomic E-state index is 8.26. The standard InChI is InChI=1S/C9H16N2/c1-8(9-3-4-9)7-11-6-2-5-10/h8-9,11H,2-4,6-7H2,1H3. The van der Waals surface area contributed by atoms with Gasteiger partial charge >= 0.3 is 0 Å². The molecule has 2 nitrogen and oxygen atoms in total. The number of rotatable bonds is 5. The first-order valence-corrected chi connectivity index (χ1v) is 4.42. The zero-order valence-corrected chi connectivity index (χ0v) is 7.14. The quantitative estimate of drug-likeness (QED) is 0.606. The predicted octanol–water partition coefficient (Wildman–Crippen LogP) is 1.54. The molecule has 0 aromatic rings. The Kier molecular flexibility index (Phi) is 3.38. The molecule has 0 radical (unpaired) electrons. The van der Waals surface area contributed by atoms with Crippen molar-refractivity contribution >= 4 is 0 Å². The van der Waals surface area contributed by atoms with Gasteiger partial charge in [0.2, 0.25) is 0 Å². The molecule has 1 rings (SSSR count). The van der Waals surface area contributed by atoms with Gasteiger partial charge in [-0.05, 0) is 31.2 Å². The van der Waals surface area contributed by atoms with Crippen molar-refractivity contribution in [1.29, 1.82) is 5.26 Å². The Morgan fingerprint density at radius 1 is 1.64 bits per heavy atom. The smallest absolute Gasteiger partial charge is 0.0635 e. The molecule has 0 aromatic carbocycles. The summed E-state index contributed by atoms with van der Waals surface area (Å²) >= 11 is 0. The second kappa shape index (κ2) is 4.35. The SMILES string of the molecule is CC(CNCCC#N)C1CC1. The van der Waals surface area contributed by atoms with E-state index < -0.39 is 0 Å². The summed E-state index contributed by atoms with van der Waals surface area (Å²) in [6.45, 7) is 4.23. The molecule has 1 N–H and O–H groups in total. The monoisotopic (exact) mass is 152 g/mol. The van der Waals surface area contributed by atoms with Gasteiger partial charge in [0.05, 0.1) is 6.07 Å². The van der Waals surface area contributed by atoms with Gasteiger partial charge in [0.1, 0.15) is 0 Å². The van der Waals surface area contributed by atoms with E-state index >= 15 is 0 Å². The minimum atomic E-state index is 0.636. The Morgan fingerprint density at radius 2 is 2.36 bits per heavy atom. The van der Waals surface area contributed by atoms with Crippen LogP contribution in [0.1, 0.15) is 26.2 Å². The summed E-state index contributed by atoms with van der Waals surface area (Å²) < 4.78 is 0. The van der Waals surface area contributed by atoms with Crippen LogP contribution in [0.2, 0.25) is 0 Å². The van der Waals surface area contributed by atoms with Crippen LogP contribution < -0.4 is 5.32 Å². The second-order valence-electron chi connectivity index (χ2n) is 3.43. The highest BCUT2D eigenvalue weighted by Crippen LogP contribution is 2.35. The lowest BCUT2D eigenvalue weighted by molar-refractivity contribution is 0.465. The molecule has 0 amide bonds. The van der Waals surface area contributed by atoms with Crippen molar-refractivity contribution in [2.24, 2.45) is 11.8 Å². The lowest BCUT2D eigenvalue weighted by atomic mass is 10.1. The van der Waals surface area contributed by atoms with Gasteiger partial charge in [0, 0.05) is 13.0 Å². The second-order valence-corrected chi connectivity index (χ2v) is 3.43. The molecule has 0 heterocycles. The van der Waals surface area contributed by atoms with Crippen molar-refractivity contribution in [3.63, 3.8) is 0 Å². The van der Waals surface area contributed by atoms with E-state index in [4.69, 9.17) is 5.26 Å². The third-order valence-corrected chi connectivity index (χ3v) is 2.31. The number of hydrogen-bond donors (Lipinski definition) is 1. The van der Waals surface area contributed by atoms with Crippen molar-refractivity contribution in [3.8, 4) is 6.07 Å². The average molecular weight is 152 g/mol. The number of hydrogen-bond acceptors (Lipinski definition) is 2. The van der Waals surface area contributed by atoms with Crippen LogP contribution in [0.3, 0.4) is 0 Å². The molecule has 0 aliphatic heterocycles. The van der Waals surface area contributed by atoms with Gasteiger partial charge in [0.25, 0.3) is 0 Å². The Morgan fingerprint density at radius 3 is 2.91 bits per heavy atom. The fraction of sp³-hybridized carbons (Fsp3) is 0.889. The number of nitrogens with zero attached hydrogens (tertiary/aromatic N) is 1. The van der Waals surface area contributed by atoms with E-state index in [2.05, 4.69) is 18.3 Å². The Balaban J connectivity index is 1.90. The molecule has 11 heavy (non-hydrogen) atoms. The molecule has 0 aromatic heterocycles. The predicted molar refractivity (Wildman–Crippen MR) is 45.0 cm³/mol. The highest BCUT2D eigenvalue weighted by atomic mass is 14.9. The Bertz CT molecular complexity index is 144. The Hall–Kier alpha value is -0.550. The zero-order valence-electron chi connectivity index (χ0n) is 7.14. The van der Waals surface area contributed by atoms with Crippen LogP contribution >= 0.6 is 0 Å². The molecule has 1 saturated carbocycles. The van der Waals surface area contributed by atoms with Crippen LogP contribution in [-0.4, -0.2) is 13.1 Å². The van der Waals surface area contributed by atoms with Gasteiger partial charge in [-0.2, -0.15) is 5.26 Å². The van der Waals surface area contributed by atoms with Crippen LogP contribution in [0, 0.1) is 23.2 Å². The van der Waals surface area contributed by atoms with Crippen LogP contribution in [0.15, 0.2) is 0 Å². The van der Waals surface area contributed by atoms with Crippen molar-refractivity contribution in [2.45, 2.75) is 26.2 Å². The van der Waals surface area contributed by atoms with Crippen molar-refractivity contribution in [1.82, 2.24) is 5.32 Å². The average Bonchev–Trinajstić information content (AvgIpc) is 2.79. The number of nitrogens with one attached hydrogen (secondary N) is 1. The van der Waals surface area contributed by atoms with Gasteiger partial charge < -0.3 is 5.32 Å². The molecule has 1 atom stereocenters. The van der Waals surface area contributed by atoms with E-state index in [1.54, 1.807) is 0 Å². The van der Waals surface area contributed by atoms with E-state index in [0.717, 1.165) is 24.9 Å². The van der Waals surface area contributed by atoms with E-state index in [1.165, 1.54) is 12.8 Å². The van der Waals surface area contributed by atoms with Crippen LogP contribution in [0.5, 0.6) is 0 Å². The molecule has 0 spiro atoms. The summed E-state index contributed by atoms with van der Waals surface area (Å²) in [5.41, 5.74) is 0. The first-order chi connectivity index (χ1) is 5.34. The normalized spacial score (nSPS) is 19.3. The van der Waals surface area contributed by atoms with Crippen molar-refractivity contribution in [3.05, 3.63) is 0 Å². The van der Waals surface area contributed by atoms with Gasteiger partial charge in [-0.25, -0.2) is 0 Å². The summed E-state index contributed by atoms with van der Waals surface area (Å²) in [4.78, 5) is 0. The summed E-state index contributed by atoms with van der Waals surface area (Å²) in [7, 11) is 0. The zero-order chi connectivity index (χ0) is 8.10. The van der Waals surface area contributed by atoms with Gasteiger partial charge in [-0.15, -0.1) is 0 Å².